The molecule has 0 aliphatic heterocycles. The van der Waals surface area contributed by atoms with Gasteiger partial charge in [-0.05, 0) is 6.26 Å². The number of thioether (sulfide) groups is 1. The minimum atomic E-state index is 0.177. The first-order valence-corrected chi connectivity index (χ1v) is 5.70. The highest BCUT2D eigenvalue weighted by Gasteiger charge is 2.07. The molecular formula is C8H10O2S2. The van der Waals surface area contributed by atoms with Crippen LogP contribution in [0, 0.1) is 0 Å². The van der Waals surface area contributed by atoms with Crippen LogP contribution < -0.4 is 4.74 Å². The fraction of sp³-hybridized carbons (Fsp3) is 0.375. The fourth-order valence-corrected chi connectivity index (χ4v) is 2.08. The third-order valence-corrected chi connectivity index (χ3v) is 2.86. The first kappa shape index (κ1) is 9.61. The monoisotopic (exact) mass is 202 g/mol. The lowest BCUT2D eigenvalue weighted by Crippen LogP contribution is -1.98. The van der Waals surface area contributed by atoms with Crippen LogP contribution in [0.1, 0.15) is 9.67 Å². The van der Waals surface area contributed by atoms with Gasteiger partial charge < -0.3 is 4.74 Å². The lowest BCUT2D eigenvalue weighted by atomic mass is 10.3. The average Bonchev–Trinajstić information content (AvgIpc) is 2.52. The van der Waals surface area contributed by atoms with E-state index in [1.807, 2.05) is 11.6 Å². The third-order valence-electron chi connectivity index (χ3n) is 1.36. The van der Waals surface area contributed by atoms with Crippen molar-refractivity contribution >= 4 is 28.9 Å². The lowest BCUT2D eigenvalue weighted by molar-refractivity contribution is 0.102. The summed E-state index contributed by atoms with van der Waals surface area (Å²) >= 11 is 2.97. The topological polar surface area (TPSA) is 26.3 Å². The molecular weight excluding hydrogens is 192 g/mol. The Labute approximate surface area is 79.9 Å². The van der Waals surface area contributed by atoms with Gasteiger partial charge in [0, 0.05) is 11.4 Å². The zero-order valence-corrected chi connectivity index (χ0v) is 8.63. The molecule has 0 fully saturated rings. The van der Waals surface area contributed by atoms with Gasteiger partial charge in [-0.2, -0.15) is 11.8 Å². The second-order valence-corrected chi connectivity index (χ2v) is 3.98. The van der Waals surface area contributed by atoms with Crippen LogP contribution in [0.25, 0.3) is 0 Å². The number of hydrogen-bond donors (Lipinski definition) is 0. The largest absolute Gasteiger partial charge is 0.496 e. The Morgan fingerprint density at radius 2 is 2.50 bits per heavy atom. The number of Topliss-reactive ketones (excluding diaryl/α,β-unsaturated/α-hetero) is 1. The van der Waals surface area contributed by atoms with Gasteiger partial charge >= 0.3 is 0 Å². The van der Waals surface area contributed by atoms with Gasteiger partial charge in [0.15, 0.2) is 5.78 Å². The molecule has 0 aliphatic rings. The predicted molar refractivity (Wildman–Crippen MR) is 53.6 cm³/mol. The highest BCUT2D eigenvalue weighted by Crippen LogP contribution is 2.22. The lowest BCUT2D eigenvalue weighted by Gasteiger charge is -1.92. The Morgan fingerprint density at radius 3 is 3.00 bits per heavy atom. The van der Waals surface area contributed by atoms with E-state index in [-0.39, 0.29) is 5.78 Å². The number of rotatable bonds is 4. The van der Waals surface area contributed by atoms with Crippen LogP contribution in [0.3, 0.4) is 0 Å². The van der Waals surface area contributed by atoms with E-state index in [2.05, 4.69) is 0 Å². The van der Waals surface area contributed by atoms with Crippen molar-refractivity contribution in [2.45, 2.75) is 0 Å². The summed E-state index contributed by atoms with van der Waals surface area (Å²) < 4.78 is 4.97. The first-order chi connectivity index (χ1) is 5.77. The molecule has 4 heteroatoms. The standard InChI is InChI=1S/C8H10O2S2/c1-10-6-3-8(12-4-6)7(9)5-11-2/h3-4H,5H2,1-2H3. The molecule has 0 unspecified atom stereocenters. The maximum Gasteiger partial charge on any atom is 0.182 e. The summed E-state index contributed by atoms with van der Waals surface area (Å²) in [5, 5.41) is 1.84. The molecule has 0 aliphatic carbocycles. The number of carbonyl (C=O) groups is 1. The zero-order chi connectivity index (χ0) is 8.97. The highest BCUT2D eigenvalue weighted by molar-refractivity contribution is 7.99. The van der Waals surface area contributed by atoms with Crippen LogP contribution >= 0.6 is 23.1 Å². The molecule has 1 rings (SSSR count). The number of methoxy groups -OCH3 is 1. The second-order valence-electron chi connectivity index (χ2n) is 2.21. The molecule has 0 N–H and O–H groups in total. The van der Waals surface area contributed by atoms with E-state index in [9.17, 15) is 4.79 Å². The van der Waals surface area contributed by atoms with Gasteiger partial charge in [-0.3, -0.25) is 4.79 Å². The number of carbonyl (C=O) groups excluding carboxylic acids is 1. The molecule has 2 nitrogen and oxygen atoms in total. The van der Waals surface area contributed by atoms with Crippen molar-refractivity contribution in [3.8, 4) is 5.75 Å². The Balaban J connectivity index is 2.68. The van der Waals surface area contributed by atoms with Crippen molar-refractivity contribution in [3.05, 3.63) is 16.3 Å². The van der Waals surface area contributed by atoms with Crippen LogP contribution in [0.4, 0.5) is 0 Å². The summed E-state index contributed by atoms with van der Waals surface area (Å²) in [4.78, 5) is 12.1. The molecule has 0 bridgehead atoms. The molecule has 1 heterocycles. The first-order valence-electron chi connectivity index (χ1n) is 3.42. The summed E-state index contributed by atoms with van der Waals surface area (Å²) in [5.74, 6) is 1.49. The van der Waals surface area contributed by atoms with Crippen LogP contribution in [-0.4, -0.2) is 24.9 Å². The summed E-state index contributed by atoms with van der Waals surface area (Å²) in [6.07, 6.45) is 1.92. The molecule has 1 aromatic rings. The molecule has 12 heavy (non-hydrogen) atoms. The molecule has 1 aromatic heterocycles. The average molecular weight is 202 g/mol. The summed E-state index contributed by atoms with van der Waals surface area (Å²) in [7, 11) is 1.60. The van der Waals surface area contributed by atoms with E-state index in [1.54, 1.807) is 13.2 Å². The van der Waals surface area contributed by atoms with E-state index >= 15 is 0 Å². The van der Waals surface area contributed by atoms with E-state index < -0.39 is 0 Å². The van der Waals surface area contributed by atoms with Gasteiger partial charge in [-0.15, -0.1) is 11.3 Å². The van der Waals surface area contributed by atoms with E-state index in [0.29, 0.717) is 5.75 Å². The number of hydrogen-bond acceptors (Lipinski definition) is 4. The number of ketones is 1. The van der Waals surface area contributed by atoms with Crippen molar-refractivity contribution in [2.24, 2.45) is 0 Å². The van der Waals surface area contributed by atoms with Crippen LogP contribution in [-0.2, 0) is 0 Å². The molecule has 0 radical (unpaired) electrons. The van der Waals surface area contributed by atoms with Crippen molar-refractivity contribution in [1.29, 1.82) is 0 Å². The van der Waals surface area contributed by atoms with Crippen molar-refractivity contribution < 1.29 is 9.53 Å². The smallest absolute Gasteiger partial charge is 0.182 e. The third kappa shape index (κ3) is 2.25. The quantitative estimate of drug-likeness (QED) is 0.701. The van der Waals surface area contributed by atoms with Gasteiger partial charge in [-0.1, -0.05) is 0 Å². The van der Waals surface area contributed by atoms with Crippen LogP contribution in [0.15, 0.2) is 11.4 Å². The van der Waals surface area contributed by atoms with Crippen LogP contribution in [0.5, 0.6) is 5.75 Å². The van der Waals surface area contributed by atoms with Gasteiger partial charge in [-0.25, -0.2) is 0 Å². The molecule has 66 valence electrons. The van der Waals surface area contributed by atoms with E-state index in [0.717, 1.165) is 10.6 Å². The Bertz CT molecular complexity index is 268. The molecule has 0 saturated carbocycles. The number of ether oxygens (including phenoxy) is 1. The Hall–Kier alpha value is -0.480. The second kappa shape index (κ2) is 4.52. The van der Waals surface area contributed by atoms with Crippen molar-refractivity contribution in [3.63, 3.8) is 0 Å². The minimum Gasteiger partial charge on any atom is -0.496 e. The van der Waals surface area contributed by atoms with Crippen molar-refractivity contribution in [1.82, 2.24) is 0 Å². The van der Waals surface area contributed by atoms with Crippen LogP contribution in [0.2, 0.25) is 0 Å². The highest BCUT2D eigenvalue weighted by atomic mass is 32.2. The fourth-order valence-electron chi connectivity index (χ4n) is 0.774. The van der Waals surface area contributed by atoms with Crippen molar-refractivity contribution in [2.75, 3.05) is 19.1 Å². The maximum atomic E-state index is 11.3. The SMILES string of the molecule is COc1csc(C(=O)CSC)c1. The predicted octanol–water partition coefficient (Wildman–Crippen LogP) is 2.30. The molecule has 0 amide bonds. The Kier molecular flexibility index (Phi) is 3.62. The summed E-state index contributed by atoms with van der Waals surface area (Å²) in [6.45, 7) is 0. The van der Waals surface area contributed by atoms with E-state index in [4.69, 9.17) is 4.74 Å². The maximum absolute atomic E-state index is 11.3. The van der Waals surface area contributed by atoms with Gasteiger partial charge in [0.1, 0.15) is 5.75 Å². The molecule has 0 saturated heterocycles. The molecule has 0 aromatic carbocycles. The Morgan fingerprint density at radius 1 is 1.75 bits per heavy atom. The summed E-state index contributed by atoms with van der Waals surface area (Å²) in [5.41, 5.74) is 0. The molecule has 0 atom stereocenters. The number of thiophene rings is 1. The minimum absolute atomic E-state index is 0.177. The van der Waals surface area contributed by atoms with Gasteiger partial charge in [0.25, 0.3) is 0 Å². The summed E-state index contributed by atoms with van der Waals surface area (Å²) in [6, 6.07) is 1.78. The van der Waals surface area contributed by atoms with E-state index in [1.165, 1.54) is 23.1 Å². The normalized spacial score (nSPS) is 9.83. The zero-order valence-electron chi connectivity index (χ0n) is 6.99. The van der Waals surface area contributed by atoms with Gasteiger partial charge in [0.05, 0.1) is 17.7 Å². The van der Waals surface area contributed by atoms with Gasteiger partial charge in [0.2, 0.25) is 0 Å². The molecule has 0 spiro atoms.